The van der Waals surface area contributed by atoms with E-state index in [2.05, 4.69) is 14.7 Å². The van der Waals surface area contributed by atoms with Crippen LogP contribution in [0.5, 0.6) is 0 Å². The number of nitrogens with zero attached hydrogens (tertiary/aromatic N) is 3. The highest BCUT2D eigenvalue weighted by molar-refractivity contribution is 7.98. The molecule has 0 radical (unpaired) electrons. The molecule has 5 nitrogen and oxygen atoms in total. The van der Waals surface area contributed by atoms with Gasteiger partial charge in [0, 0.05) is 40.5 Å². The molecule has 4 rings (SSSR count). The van der Waals surface area contributed by atoms with Gasteiger partial charge in [-0.2, -0.15) is 9.36 Å². The van der Waals surface area contributed by atoms with E-state index in [0.29, 0.717) is 29.6 Å². The Balaban J connectivity index is 1.39. The van der Waals surface area contributed by atoms with Gasteiger partial charge in [-0.3, -0.25) is 5.32 Å². The Hall–Kier alpha value is -2.45. The third-order valence-electron chi connectivity index (χ3n) is 4.88. The van der Waals surface area contributed by atoms with Crippen LogP contribution < -0.4 is 5.32 Å². The Bertz CT molecular complexity index is 999. The lowest BCUT2D eigenvalue weighted by Gasteiger charge is -2.48. The van der Waals surface area contributed by atoms with Gasteiger partial charge in [-0.25, -0.2) is 9.18 Å². The monoisotopic (exact) mass is 414 g/mol. The molecule has 3 aromatic rings. The van der Waals surface area contributed by atoms with Crippen molar-refractivity contribution in [2.24, 2.45) is 0 Å². The maximum Gasteiger partial charge on any atom is 0.323 e. The van der Waals surface area contributed by atoms with E-state index in [1.807, 2.05) is 43.5 Å². The molecule has 8 heteroatoms. The van der Waals surface area contributed by atoms with Crippen molar-refractivity contribution in [2.45, 2.75) is 17.2 Å². The SMILES string of the molecule is CSc1ccc(-c2nsc(NC(=O)N3CC(C)(c4ccccc4F)C3)n2)cc1. The van der Waals surface area contributed by atoms with E-state index in [0.717, 1.165) is 17.1 Å². The normalized spacial score (nSPS) is 15.2. The van der Waals surface area contributed by atoms with E-state index in [1.54, 1.807) is 28.8 Å². The van der Waals surface area contributed by atoms with E-state index in [9.17, 15) is 9.18 Å². The fourth-order valence-corrected chi connectivity index (χ4v) is 4.35. The van der Waals surface area contributed by atoms with Crippen LogP contribution in [0.15, 0.2) is 53.4 Å². The molecule has 0 bridgehead atoms. The molecule has 0 unspecified atom stereocenters. The summed E-state index contributed by atoms with van der Waals surface area (Å²) in [4.78, 5) is 19.7. The molecule has 0 saturated carbocycles. The molecule has 2 amide bonds. The highest BCUT2D eigenvalue weighted by Crippen LogP contribution is 2.36. The van der Waals surface area contributed by atoms with Gasteiger partial charge in [-0.15, -0.1) is 11.8 Å². The lowest BCUT2D eigenvalue weighted by molar-refractivity contribution is 0.110. The number of aromatic nitrogens is 2. The third-order valence-corrected chi connectivity index (χ3v) is 6.25. The predicted molar refractivity (Wildman–Crippen MR) is 111 cm³/mol. The van der Waals surface area contributed by atoms with Gasteiger partial charge < -0.3 is 4.90 Å². The Kier molecular flexibility index (Phi) is 5.07. The first kappa shape index (κ1) is 18.9. The van der Waals surface area contributed by atoms with Gasteiger partial charge in [-0.1, -0.05) is 37.3 Å². The molecule has 2 aromatic carbocycles. The number of carbonyl (C=O) groups is 1. The van der Waals surface area contributed by atoms with Crippen molar-refractivity contribution < 1.29 is 9.18 Å². The largest absolute Gasteiger partial charge is 0.323 e. The summed E-state index contributed by atoms with van der Waals surface area (Å²) >= 11 is 2.82. The molecule has 1 aliphatic heterocycles. The minimum atomic E-state index is -0.367. The summed E-state index contributed by atoms with van der Waals surface area (Å²) < 4.78 is 18.4. The Labute approximate surface area is 171 Å². The van der Waals surface area contributed by atoms with Crippen LogP contribution in [0.3, 0.4) is 0 Å². The average Bonchev–Trinajstić information content (AvgIpc) is 3.14. The van der Waals surface area contributed by atoms with Crippen molar-refractivity contribution >= 4 is 34.5 Å². The van der Waals surface area contributed by atoms with Crippen molar-refractivity contribution in [2.75, 3.05) is 24.7 Å². The summed E-state index contributed by atoms with van der Waals surface area (Å²) in [5.41, 5.74) is 1.19. The number of anilines is 1. The predicted octanol–water partition coefficient (Wildman–Crippen LogP) is 4.87. The van der Waals surface area contributed by atoms with Crippen LogP contribution in [0.25, 0.3) is 11.4 Å². The molecule has 1 fully saturated rings. The Morgan fingerprint density at radius 2 is 1.93 bits per heavy atom. The number of hydrogen-bond acceptors (Lipinski definition) is 5. The minimum Gasteiger partial charge on any atom is -0.323 e. The maximum absolute atomic E-state index is 14.1. The molecule has 1 aliphatic rings. The quantitative estimate of drug-likeness (QED) is 0.619. The minimum absolute atomic E-state index is 0.230. The van der Waals surface area contributed by atoms with Gasteiger partial charge in [-0.05, 0) is 30.0 Å². The van der Waals surface area contributed by atoms with Crippen molar-refractivity contribution in [3.8, 4) is 11.4 Å². The molecule has 0 aliphatic carbocycles. The first-order chi connectivity index (χ1) is 13.5. The lowest BCUT2D eigenvalue weighted by Crippen LogP contribution is -2.60. The molecule has 1 N–H and O–H groups in total. The number of carbonyl (C=O) groups excluding carboxylic acids is 1. The van der Waals surface area contributed by atoms with Crippen LogP contribution in [-0.4, -0.2) is 39.6 Å². The van der Waals surface area contributed by atoms with E-state index in [-0.39, 0.29) is 17.3 Å². The van der Waals surface area contributed by atoms with Crippen molar-refractivity contribution in [3.05, 3.63) is 59.9 Å². The second-order valence-corrected chi connectivity index (χ2v) is 8.61. The van der Waals surface area contributed by atoms with E-state index >= 15 is 0 Å². The van der Waals surface area contributed by atoms with Gasteiger partial charge in [0.25, 0.3) is 0 Å². The molecular weight excluding hydrogens is 395 g/mol. The molecule has 0 atom stereocenters. The molecule has 28 heavy (non-hydrogen) atoms. The summed E-state index contributed by atoms with van der Waals surface area (Å²) in [7, 11) is 0. The Morgan fingerprint density at radius 1 is 1.21 bits per heavy atom. The standard InChI is InChI=1S/C20H19FN4OS2/c1-20(15-5-3-4-6-16(15)21)11-25(12-20)19(26)23-18-22-17(24-28-18)13-7-9-14(27-2)10-8-13/h3-10H,11-12H2,1-2H3,(H,22,23,24,26). The molecule has 0 spiro atoms. The van der Waals surface area contributed by atoms with Gasteiger partial charge >= 0.3 is 6.03 Å². The van der Waals surface area contributed by atoms with Crippen LogP contribution in [0.2, 0.25) is 0 Å². The Morgan fingerprint density at radius 3 is 2.61 bits per heavy atom. The summed E-state index contributed by atoms with van der Waals surface area (Å²) in [6.07, 6.45) is 2.02. The van der Waals surface area contributed by atoms with Crippen LogP contribution in [0, 0.1) is 5.82 Å². The lowest BCUT2D eigenvalue weighted by atomic mass is 9.75. The zero-order valence-electron chi connectivity index (χ0n) is 15.5. The highest BCUT2D eigenvalue weighted by Gasteiger charge is 2.44. The average molecular weight is 415 g/mol. The van der Waals surface area contributed by atoms with Crippen molar-refractivity contribution in [1.29, 1.82) is 0 Å². The number of urea groups is 1. The number of amides is 2. The topological polar surface area (TPSA) is 58.1 Å². The first-order valence-electron chi connectivity index (χ1n) is 8.77. The number of hydrogen-bond donors (Lipinski definition) is 1. The third kappa shape index (κ3) is 3.62. The van der Waals surface area contributed by atoms with Crippen LogP contribution in [0.4, 0.5) is 14.3 Å². The van der Waals surface area contributed by atoms with Crippen molar-refractivity contribution in [1.82, 2.24) is 14.3 Å². The summed E-state index contributed by atoms with van der Waals surface area (Å²) in [5.74, 6) is 0.360. The zero-order valence-corrected chi connectivity index (χ0v) is 17.1. The van der Waals surface area contributed by atoms with Crippen molar-refractivity contribution in [3.63, 3.8) is 0 Å². The van der Waals surface area contributed by atoms with E-state index in [4.69, 9.17) is 0 Å². The number of halogens is 1. The molecule has 1 saturated heterocycles. The van der Waals surface area contributed by atoms with Gasteiger partial charge in [0.2, 0.25) is 5.13 Å². The molecule has 2 heterocycles. The molecule has 144 valence electrons. The van der Waals surface area contributed by atoms with Crippen LogP contribution >= 0.6 is 23.3 Å². The first-order valence-corrected chi connectivity index (χ1v) is 10.8. The van der Waals surface area contributed by atoms with Gasteiger partial charge in [0.05, 0.1) is 0 Å². The second-order valence-electron chi connectivity index (χ2n) is 6.98. The summed E-state index contributed by atoms with van der Waals surface area (Å²) in [6, 6.07) is 14.5. The highest BCUT2D eigenvalue weighted by atomic mass is 32.2. The summed E-state index contributed by atoms with van der Waals surface area (Å²) in [6.45, 7) is 2.89. The molecule has 1 aromatic heterocycles. The maximum atomic E-state index is 14.1. The fourth-order valence-electron chi connectivity index (χ4n) is 3.36. The second kappa shape index (κ2) is 7.52. The molecular formula is C20H19FN4OS2. The van der Waals surface area contributed by atoms with Gasteiger partial charge in [0.1, 0.15) is 5.82 Å². The summed E-state index contributed by atoms with van der Waals surface area (Å²) in [5, 5.41) is 3.25. The van der Waals surface area contributed by atoms with Gasteiger partial charge in [0.15, 0.2) is 5.82 Å². The van der Waals surface area contributed by atoms with Crippen LogP contribution in [0.1, 0.15) is 12.5 Å². The number of nitrogens with one attached hydrogen (secondary N) is 1. The number of benzene rings is 2. The number of thioether (sulfide) groups is 1. The van der Waals surface area contributed by atoms with E-state index in [1.165, 1.54) is 11.0 Å². The van der Waals surface area contributed by atoms with E-state index < -0.39 is 0 Å². The fraction of sp³-hybridized carbons (Fsp3) is 0.250. The zero-order chi connectivity index (χ0) is 19.7. The number of likely N-dealkylation sites (tertiary alicyclic amines) is 1. The number of rotatable bonds is 4. The smallest absolute Gasteiger partial charge is 0.323 e. The van der Waals surface area contributed by atoms with Crippen LogP contribution in [-0.2, 0) is 5.41 Å².